The van der Waals surface area contributed by atoms with Crippen molar-refractivity contribution >= 4 is 29.5 Å². The molecule has 3 heterocycles. The second-order valence-corrected chi connectivity index (χ2v) is 20.9. The highest BCUT2D eigenvalue weighted by Crippen LogP contribution is 2.31. The number of nitrogens with one attached hydrogen (secondary N) is 2. The quantitative estimate of drug-likeness (QED) is 0.0443. The molecule has 2 saturated heterocycles. The van der Waals surface area contributed by atoms with Gasteiger partial charge in [0.15, 0.2) is 11.5 Å². The third-order valence-corrected chi connectivity index (χ3v) is 14.9. The highest BCUT2D eigenvalue weighted by Gasteiger charge is 2.40. The Bertz CT molecular complexity index is 2520. The van der Waals surface area contributed by atoms with Gasteiger partial charge in [-0.2, -0.15) is 0 Å². The number of ether oxygens (including phenoxy) is 5. The SMILES string of the molecule is CCC(=O)N(CCc1ccccc1)C[C@@H]1CNC[C@@H]1CN(C(=O)c1ccc(OC)c(OCCCOC)c1)C(C)C.COCCCOc1cc(C(=O)N(C[C@@H]2CNC[C@H]2CN2C(=O)c3ccccc3C2=O)C(C)C)ccc1C. The molecule has 4 aromatic carbocycles. The van der Waals surface area contributed by atoms with Crippen molar-refractivity contribution in [2.24, 2.45) is 23.7 Å². The van der Waals surface area contributed by atoms with E-state index in [1.165, 1.54) is 10.5 Å². The van der Waals surface area contributed by atoms with E-state index < -0.39 is 0 Å². The summed E-state index contributed by atoms with van der Waals surface area (Å²) in [6.45, 7) is 20.2. The fraction of sp³-hybridized carbons (Fsp3) is 0.525. The van der Waals surface area contributed by atoms with E-state index in [1.807, 2.05) is 92.6 Å². The molecule has 16 nitrogen and oxygen atoms in total. The Morgan fingerprint density at radius 1 is 0.610 bits per heavy atom. The molecule has 0 bridgehead atoms. The number of rotatable bonds is 27. The average Bonchev–Trinajstić information content (AvgIpc) is 4.15. The summed E-state index contributed by atoms with van der Waals surface area (Å²) in [6, 6.07) is 28.2. The summed E-state index contributed by atoms with van der Waals surface area (Å²) in [7, 11) is 4.92. The Balaban J connectivity index is 0.000000250. The van der Waals surface area contributed by atoms with Gasteiger partial charge in [-0.15, -0.1) is 0 Å². The molecule has 4 aromatic rings. The number of imide groups is 1. The van der Waals surface area contributed by atoms with Crippen LogP contribution in [-0.2, 0) is 20.7 Å². The van der Waals surface area contributed by atoms with Crippen LogP contribution in [0, 0.1) is 30.6 Å². The number of fused-ring (bicyclic) bond motifs is 1. The Hall–Kier alpha value is -6.33. The first-order valence-corrected chi connectivity index (χ1v) is 27.5. The van der Waals surface area contributed by atoms with Crippen LogP contribution in [0.15, 0.2) is 91.0 Å². The van der Waals surface area contributed by atoms with E-state index in [0.717, 1.165) is 44.5 Å². The molecule has 7 rings (SSSR count). The number of methoxy groups -OCH3 is 3. The lowest BCUT2D eigenvalue weighted by Crippen LogP contribution is -2.44. The minimum atomic E-state index is -0.235. The summed E-state index contributed by atoms with van der Waals surface area (Å²) in [5.74, 6) is 2.18. The number of amides is 5. The molecule has 0 spiro atoms. The van der Waals surface area contributed by atoms with Crippen LogP contribution in [0.3, 0.4) is 0 Å². The van der Waals surface area contributed by atoms with Gasteiger partial charge in [0.05, 0.1) is 31.5 Å². The van der Waals surface area contributed by atoms with Crippen LogP contribution < -0.4 is 24.8 Å². The van der Waals surface area contributed by atoms with Crippen LogP contribution in [0.1, 0.15) is 106 Å². The summed E-state index contributed by atoms with van der Waals surface area (Å²) in [6.07, 6.45) is 2.84. The van der Waals surface area contributed by atoms with Crippen LogP contribution in [0.4, 0.5) is 0 Å². The van der Waals surface area contributed by atoms with Crippen molar-refractivity contribution in [1.29, 1.82) is 0 Å². The molecule has 77 heavy (non-hydrogen) atoms. The molecule has 16 heteroatoms. The second kappa shape index (κ2) is 30.0. The Kier molecular flexibility index (Phi) is 23.3. The number of hydrogen-bond acceptors (Lipinski definition) is 12. The average molecular weight is 1060 g/mol. The molecule has 0 saturated carbocycles. The zero-order valence-corrected chi connectivity index (χ0v) is 47.0. The first-order valence-electron chi connectivity index (χ1n) is 27.5. The van der Waals surface area contributed by atoms with Gasteiger partial charge in [0, 0.05) is 129 Å². The summed E-state index contributed by atoms with van der Waals surface area (Å²) in [5.41, 5.74) is 4.30. The van der Waals surface area contributed by atoms with Gasteiger partial charge < -0.3 is 49.0 Å². The summed E-state index contributed by atoms with van der Waals surface area (Å²) in [5, 5.41) is 6.92. The third kappa shape index (κ3) is 16.4. The number of nitrogens with zero attached hydrogens (tertiary/aromatic N) is 4. The molecule has 4 atom stereocenters. The van der Waals surface area contributed by atoms with E-state index in [1.54, 1.807) is 63.8 Å². The molecule has 0 aromatic heterocycles. The maximum atomic E-state index is 13.8. The van der Waals surface area contributed by atoms with Gasteiger partial charge in [0.2, 0.25) is 5.91 Å². The van der Waals surface area contributed by atoms with Crippen LogP contribution in [-0.4, -0.2) is 168 Å². The normalized spacial score (nSPS) is 17.8. The van der Waals surface area contributed by atoms with Crippen molar-refractivity contribution in [2.45, 2.75) is 79.3 Å². The molecule has 0 unspecified atom stereocenters. The maximum absolute atomic E-state index is 13.8. The Labute approximate surface area is 457 Å². The summed E-state index contributed by atoms with van der Waals surface area (Å²) >= 11 is 0. The van der Waals surface area contributed by atoms with Crippen LogP contribution >= 0.6 is 0 Å². The van der Waals surface area contributed by atoms with E-state index in [4.69, 9.17) is 23.7 Å². The largest absolute Gasteiger partial charge is 0.493 e. The molecule has 3 aliphatic heterocycles. The van der Waals surface area contributed by atoms with Gasteiger partial charge in [-0.25, -0.2) is 0 Å². The van der Waals surface area contributed by atoms with Crippen molar-refractivity contribution in [2.75, 3.05) is 107 Å². The van der Waals surface area contributed by atoms with Gasteiger partial charge in [-0.05, 0) is 118 Å². The standard InChI is InChI=1S/C32H47N3O5.C29H37N3O5/c1-6-31(36)34(16-15-25-11-8-7-9-12-25)22-27-20-33-21-28(27)23-35(24(2)3)32(37)26-13-14-29(39-5)30(19-26)40-18-10-17-38-4;1-19(2)31(27(33)21-11-10-20(3)26(14-21)37-13-7-12-36-4)17-22-15-30-16-23(22)18-32-28(34)24-8-5-6-9-25(24)29(32)35/h7-9,11-14,19,24,27-28,33H,6,10,15-18,20-23H2,1-5H3;5-6,8-11,14,19,22-23,30H,7,12-13,15-18H2,1-4H3/t27-,28+;22-,23-/m00/s1. The highest BCUT2D eigenvalue weighted by atomic mass is 16.5. The number of carbonyl (C=O) groups excluding carboxylic acids is 5. The van der Waals surface area contributed by atoms with Gasteiger partial charge in [0.25, 0.3) is 23.6 Å². The second-order valence-electron chi connectivity index (χ2n) is 20.9. The minimum Gasteiger partial charge on any atom is -0.493 e. The molecule has 5 amide bonds. The van der Waals surface area contributed by atoms with Crippen molar-refractivity contribution in [3.8, 4) is 17.2 Å². The molecule has 2 N–H and O–H groups in total. The monoisotopic (exact) mass is 1060 g/mol. The van der Waals surface area contributed by atoms with E-state index in [-0.39, 0.29) is 65.3 Å². The van der Waals surface area contributed by atoms with Crippen molar-refractivity contribution < 1.29 is 47.7 Å². The van der Waals surface area contributed by atoms with Crippen molar-refractivity contribution in [1.82, 2.24) is 30.2 Å². The molecule has 2 fully saturated rings. The smallest absolute Gasteiger partial charge is 0.261 e. The lowest BCUT2D eigenvalue weighted by atomic mass is 9.93. The third-order valence-electron chi connectivity index (χ3n) is 14.9. The first-order chi connectivity index (χ1) is 37.2. The van der Waals surface area contributed by atoms with Gasteiger partial charge in [-0.3, -0.25) is 28.9 Å². The molecule has 0 aliphatic carbocycles. The van der Waals surface area contributed by atoms with Crippen molar-refractivity contribution in [3.63, 3.8) is 0 Å². The highest BCUT2D eigenvalue weighted by molar-refractivity contribution is 6.21. The van der Waals surface area contributed by atoms with Crippen LogP contribution in [0.5, 0.6) is 17.2 Å². The lowest BCUT2D eigenvalue weighted by molar-refractivity contribution is -0.131. The Morgan fingerprint density at radius 2 is 1.10 bits per heavy atom. The maximum Gasteiger partial charge on any atom is 0.261 e. The zero-order valence-electron chi connectivity index (χ0n) is 47.0. The minimum absolute atomic E-state index is 0.0135. The lowest BCUT2D eigenvalue weighted by Gasteiger charge is -2.33. The Morgan fingerprint density at radius 3 is 1.64 bits per heavy atom. The predicted molar refractivity (Wildman–Crippen MR) is 299 cm³/mol. The van der Waals surface area contributed by atoms with E-state index in [2.05, 4.69) is 22.8 Å². The first kappa shape index (κ1) is 59.9. The van der Waals surface area contributed by atoms with E-state index >= 15 is 0 Å². The van der Waals surface area contributed by atoms with Gasteiger partial charge >= 0.3 is 0 Å². The van der Waals surface area contributed by atoms with Gasteiger partial charge in [-0.1, -0.05) is 55.5 Å². The number of benzene rings is 4. The van der Waals surface area contributed by atoms with Crippen LogP contribution in [0.25, 0.3) is 0 Å². The molecule has 0 radical (unpaired) electrons. The van der Waals surface area contributed by atoms with Crippen LogP contribution in [0.2, 0.25) is 0 Å². The fourth-order valence-corrected chi connectivity index (χ4v) is 10.3. The topological polar surface area (TPSA) is 169 Å². The molecule has 3 aliphatic rings. The number of carbonyl (C=O) groups is 5. The number of hydrogen-bond donors (Lipinski definition) is 2. The van der Waals surface area contributed by atoms with Gasteiger partial charge in [0.1, 0.15) is 5.75 Å². The van der Waals surface area contributed by atoms with E-state index in [9.17, 15) is 24.0 Å². The molecular formula is C61H84N6O10. The summed E-state index contributed by atoms with van der Waals surface area (Å²) < 4.78 is 27.5. The number of aryl methyl sites for hydroxylation is 1. The zero-order chi connectivity index (χ0) is 55.4. The predicted octanol–water partition coefficient (Wildman–Crippen LogP) is 7.67. The summed E-state index contributed by atoms with van der Waals surface area (Å²) in [4.78, 5) is 73.3. The molecular weight excluding hydrogens is 977 g/mol. The molecule has 418 valence electrons. The fourth-order valence-electron chi connectivity index (χ4n) is 10.3. The van der Waals surface area contributed by atoms with Crippen molar-refractivity contribution in [3.05, 3.63) is 124 Å². The van der Waals surface area contributed by atoms with E-state index in [0.29, 0.717) is 112 Å².